The van der Waals surface area contributed by atoms with Crippen LogP contribution in [0.3, 0.4) is 0 Å². The molecule has 0 aliphatic carbocycles. The van der Waals surface area contributed by atoms with E-state index < -0.39 is 12.7 Å². The van der Waals surface area contributed by atoms with Crippen LogP contribution in [-0.4, -0.2) is 12.7 Å². The van der Waals surface area contributed by atoms with Crippen LogP contribution in [0.2, 0.25) is 0 Å². The van der Waals surface area contributed by atoms with E-state index in [9.17, 15) is 13.2 Å². The first kappa shape index (κ1) is 12.0. The Morgan fingerprint density at radius 2 is 1.67 bits per heavy atom. The third-order valence-electron chi connectivity index (χ3n) is 2.27. The molecule has 15 heavy (non-hydrogen) atoms. The summed E-state index contributed by atoms with van der Waals surface area (Å²) in [5.41, 5.74) is 2.98. The molecule has 1 aromatic rings. The standard InChI is InChI=1S/C11H14F3N/c1-8-4-3-5-9(2)10(8)6-15-7-11(12,13)14/h3-5,15H,6-7H2,1-2H3. The van der Waals surface area contributed by atoms with Crippen LogP contribution in [0.5, 0.6) is 0 Å². The second kappa shape index (κ2) is 4.66. The molecule has 84 valence electrons. The van der Waals surface area contributed by atoms with Crippen molar-refractivity contribution in [2.45, 2.75) is 26.6 Å². The molecule has 0 radical (unpaired) electrons. The fraction of sp³-hybridized carbons (Fsp3) is 0.455. The number of nitrogens with one attached hydrogen (secondary N) is 1. The van der Waals surface area contributed by atoms with E-state index in [-0.39, 0.29) is 6.54 Å². The summed E-state index contributed by atoms with van der Waals surface area (Å²) in [6.45, 7) is 3.12. The van der Waals surface area contributed by atoms with Gasteiger partial charge in [-0.15, -0.1) is 0 Å². The second-order valence-corrected chi connectivity index (χ2v) is 3.59. The average Bonchev–Trinajstić information content (AvgIpc) is 2.08. The number of benzene rings is 1. The van der Waals surface area contributed by atoms with Gasteiger partial charge in [0.1, 0.15) is 0 Å². The number of alkyl halides is 3. The van der Waals surface area contributed by atoms with Gasteiger partial charge < -0.3 is 5.32 Å². The van der Waals surface area contributed by atoms with Gasteiger partial charge in [0.15, 0.2) is 0 Å². The van der Waals surface area contributed by atoms with Crippen molar-refractivity contribution < 1.29 is 13.2 Å². The highest BCUT2D eigenvalue weighted by molar-refractivity contribution is 5.33. The molecule has 0 fully saturated rings. The monoisotopic (exact) mass is 217 g/mol. The van der Waals surface area contributed by atoms with E-state index in [1.807, 2.05) is 32.0 Å². The molecule has 0 heterocycles. The van der Waals surface area contributed by atoms with Gasteiger partial charge in [0.05, 0.1) is 6.54 Å². The summed E-state index contributed by atoms with van der Waals surface area (Å²) in [5.74, 6) is 0. The van der Waals surface area contributed by atoms with Crippen LogP contribution in [0, 0.1) is 13.8 Å². The van der Waals surface area contributed by atoms with Gasteiger partial charge in [-0.1, -0.05) is 18.2 Å². The topological polar surface area (TPSA) is 12.0 Å². The van der Waals surface area contributed by atoms with Crippen molar-refractivity contribution in [3.8, 4) is 0 Å². The molecule has 0 saturated carbocycles. The largest absolute Gasteiger partial charge is 0.401 e. The lowest BCUT2D eigenvalue weighted by Crippen LogP contribution is -2.28. The molecule has 1 rings (SSSR count). The summed E-state index contributed by atoms with van der Waals surface area (Å²) in [6.07, 6.45) is -4.14. The van der Waals surface area contributed by atoms with Gasteiger partial charge in [-0.25, -0.2) is 0 Å². The van der Waals surface area contributed by atoms with Crippen LogP contribution in [0.25, 0.3) is 0 Å². The molecule has 1 N–H and O–H groups in total. The van der Waals surface area contributed by atoms with Crippen molar-refractivity contribution in [1.29, 1.82) is 0 Å². The fourth-order valence-electron chi connectivity index (χ4n) is 1.46. The minimum absolute atomic E-state index is 0.262. The quantitative estimate of drug-likeness (QED) is 0.820. The maximum Gasteiger partial charge on any atom is 0.401 e. The molecule has 0 aliphatic rings. The first-order chi connectivity index (χ1) is 6.90. The van der Waals surface area contributed by atoms with Crippen LogP contribution in [-0.2, 0) is 6.54 Å². The molecule has 0 unspecified atom stereocenters. The zero-order chi connectivity index (χ0) is 11.5. The SMILES string of the molecule is Cc1cccc(C)c1CNCC(F)(F)F. The molecule has 1 aromatic carbocycles. The third-order valence-corrected chi connectivity index (χ3v) is 2.27. The van der Waals surface area contributed by atoms with Crippen molar-refractivity contribution in [2.75, 3.05) is 6.54 Å². The van der Waals surface area contributed by atoms with Gasteiger partial charge in [-0.2, -0.15) is 13.2 Å². The van der Waals surface area contributed by atoms with Gasteiger partial charge in [0.2, 0.25) is 0 Å². The Balaban J connectivity index is 2.58. The number of aryl methyl sites for hydroxylation is 2. The Morgan fingerprint density at radius 3 is 2.13 bits per heavy atom. The zero-order valence-corrected chi connectivity index (χ0v) is 8.78. The van der Waals surface area contributed by atoms with Gasteiger partial charge in [-0.3, -0.25) is 0 Å². The smallest absolute Gasteiger partial charge is 0.305 e. The summed E-state index contributed by atoms with van der Waals surface area (Å²) >= 11 is 0. The summed E-state index contributed by atoms with van der Waals surface area (Å²) in [7, 11) is 0. The summed E-state index contributed by atoms with van der Waals surface area (Å²) in [4.78, 5) is 0. The first-order valence-electron chi connectivity index (χ1n) is 4.73. The number of rotatable bonds is 3. The summed E-state index contributed by atoms with van der Waals surface area (Å²) < 4.78 is 35.7. The maximum absolute atomic E-state index is 11.9. The molecule has 0 bridgehead atoms. The Labute approximate surface area is 87.3 Å². The van der Waals surface area contributed by atoms with E-state index in [2.05, 4.69) is 5.32 Å². The molecule has 0 atom stereocenters. The van der Waals surface area contributed by atoms with Crippen molar-refractivity contribution >= 4 is 0 Å². The molecular weight excluding hydrogens is 203 g/mol. The van der Waals surface area contributed by atoms with E-state index in [0.29, 0.717) is 0 Å². The molecule has 1 nitrogen and oxygen atoms in total. The number of halogens is 3. The van der Waals surface area contributed by atoms with Gasteiger partial charge in [0.25, 0.3) is 0 Å². The van der Waals surface area contributed by atoms with Crippen LogP contribution >= 0.6 is 0 Å². The third kappa shape index (κ3) is 3.91. The highest BCUT2D eigenvalue weighted by Gasteiger charge is 2.26. The molecule has 0 aromatic heterocycles. The van der Waals surface area contributed by atoms with E-state index in [4.69, 9.17) is 0 Å². The summed E-state index contributed by atoms with van der Waals surface area (Å²) in [5, 5.41) is 2.40. The van der Waals surface area contributed by atoms with Crippen LogP contribution in [0.15, 0.2) is 18.2 Å². The lowest BCUT2D eigenvalue weighted by atomic mass is 10.0. The predicted octanol–water partition coefficient (Wildman–Crippen LogP) is 2.96. The molecule has 4 heteroatoms. The Hall–Kier alpha value is -1.03. The van der Waals surface area contributed by atoms with Crippen molar-refractivity contribution in [1.82, 2.24) is 5.32 Å². The average molecular weight is 217 g/mol. The Kier molecular flexibility index (Phi) is 3.74. The summed E-state index contributed by atoms with van der Waals surface area (Å²) in [6, 6.07) is 5.70. The van der Waals surface area contributed by atoms with Crippen molar-refractivity contribution in [3.05, 3.63) is 34.9 Å². The second-order valence-electron chi connectivity index (χ2n) is 3.59. The molecule has 0 saturated heterocycles. The lowest BCUT2D eigenvalue weighted by molar-refractivity contribution is -0.125. The highest BCUT2D eigenvalue weighted by atomic mass is 19.4. The van der Waals surface area contributed by atoms with E-state index >= 15 is 0 Å². The molecule has 0 aliphatic heterocycles. The van der Waals surface area contributed by atoms with Crippen LogP contribution in [0.1, 0.15) is 16.7 Å². The van der Waals surface area contributed by atoms with Gasteiger partial charge in [-0.05, 0) is 30.5 Å². The molecular formula is C11H14F3N. The first-order valence-corrected chi connectivity index (χ1v) is 4.73. The van der Waals surface area contributed by atoms with Crippen LogP contribution < -0.4 is 5.32 Å². The Bertz CT molecular complexity index is 311. The normalized spacial score (nSPS) is 11.8. The van der Waals surface area contributed by atoms with Gasteiger partial charge >= 0.3 is 6.18 Å². The van der Waals surface area contributed by atoms with E-state index in [1.54, 1.807) is 0 Å². The Morgan fingerprint density at radius 1 is 1.13 bits per heavy atom. The van der Waals surface area contributed by atoms with E-state index in [0.717, 1.165) is 16.7 Å². The van der Waals surface area contributed by atoms with Crippen molar-refractivity contribution in [3.63, 3.8) is 0 Å². The molecule has 0 spiro atoms. The number of hydrogen-bond acceptors (Lipinski definition) is 1. The number of hydrogen-bond donors (Lipinski definition) is 1. The predicted molar refractivity (Wildman–Crippen MR) is 53.7 cm³/mol. The minimum atomic E-state index is -4.14. The van der Waals surface area contributed by atoms with Crippen molar-refractivity contribution in [2.24, 2.45) is 0 Å². The highest BCUT2D eigenvalue weighted by Crippen LogP contribution is 2.15. The fourth-order valence-corrected chi connectivity index (χ4v) is 1.46. The zero-order valence-electron chi connectivity index (χ0n) is 8.78. The van der Waals surface area contributed by atoms with Gasteiger partial charge in [0, 0.05) is 6.54 Å². The maximum atomic E-state index is 11.9. The minimum Gasteiger partial charge on any atom is -0.305 e. The van der Waals surface area contributed by atoms with Crippen LogP contribution in [0.4, 0.5) is 13.2 Å². The lowest BCUT2D eigenvalue weighted by Gasteiger charge is -2.12. The van der Waals surface area contributed by atoms with E-state index in [1.165, 1.54) is 0 Å². The molecule has 0 amide bonds.